The zero-order valence-corrected chi connectivity index (χ0v) is 17.8. The molecule has 9 nitrogen and oxygen atoms in total. The lowest BCUT2D eigenvalue weighted by molar-refractivity contribution is 0.0937. The molecule has 1 amide bonds. The van der Waals surface area contributed by atoms with Crippen molar-refractivity contribution in [3.8, 4) is 0 Å². The molecule has 2 N–H and O–H groups in total. The first-order valence-electron chi connectivity index (χ1n) is 9.58. The molecular weight excluding hydrogens is 418 g/mol. The third-order valence-corrected chi connectivity index (χ3v) is 6.25. The molecule has 0 radical (unpaired) electrons. The van der Waals surface area contributed by atoms with E-state index >= 15 is 0 Å². The van der Waals surface area contributed by atoms with Crippen molar-refractivity contribution in [1.29, 1.82) is 0 Å². The summed E-state index contributed by atoms with van der Waals surface area (Å²) >= 11 is 0. The molecule has 0 spiro atoms. The second-order valence-electron chi connectivity index (χ2n) is 7.06. The average molecular weight is 439 g/mol. The van der Waals surface area contributed by atoms with E-state index in [2.05, 4.69) is 20.2 Å². The van der Waals surface area contributed by atoms with E-state index in [0.29, 0.717) is 22.8 Å². The Balaban J connectivity index is 1.54. The third kappa shape index (κ3) is 4.35. The van der Waals surface area contributed by atoms with Crippen molar-refractivity contribution < 1.29 is 17.6 Å². The van der Waals surface area contributed by atoms with Crippen molar-refractivity contribution in [3.63, 3.8) is 0 Å². The number of nitrogens with one attached hydrogen (secondary N) is 2. The van der Waals surface area contributed by atoms with Gasteiger partial charge in [0.2, 0.25) is 10.0 Å². The van der Waals surface area contributed by atoms with Crippen LogP contribution in [-0.2, 0) is 16.6 Å². The largest absolute Gasteiger partial charge is 0.468 e. The van der Waals surface area contributed by atoms with Gasteiger partial charge in [0.25, 0.3) is 5.91 Å². The molecule has 1 atom stereocenters. The standard InChI is InChI=1S/C21H21N5O4S/c1-14-8-9-17(31(28,29)22-13-16-6-5-11-30-16)12-18(14)21(27)23-15(2)20-25-24-19-7-3-4-10-26(19)20/h3-12,15,22H,13H2,1-2H3,(H,23,27). The molecule has 4 rings (SSSR count). The predicted molar refractivity (Wildman–Crippen MR) is 113 cm³/mol. The van der Waals surface area contributed by atoms with E-state index in [4.69, 9.17) is 4.42 Å². The summed E-state index contributed by atoms with van der Waals surface area (Å²) in [7, 11) is -3.83. The summed E-state index contributed by atoms with van der Waals surface area (Å²) in [6.07, 6.45) is 3.29. The Morgan fingerprint density at radius 2 is 2.00 bits per heavy atom. The fourth-order valence-corrected chi connectivity index (χ4v) is 4.19. The Morgan fingerprint density at radius 3 is 2.77 bits per heavy atom. The minimum atomic E-state index is -3.83. The van der Waals surface area contributed by atoms with E-state index in [-0.39, 0.29) is 17.0 Å². The molecule has 1 aromatic carbocycles. The van der Waals surface area contributed by atoms with Gasteiger partial charge in [0, 0.05) is 11.8 Å². The molecule has 10 heteroatoms. The van der Waals surface area contributed by atoms with Gasteiger partial charge in [0.15, 0.2) is 11.5 Å². The molecule has 4 aromatic rings. The molecule has 0 fully saturated rings. The summed E-state index contributed by atoms with van der Waals surface area (Å²) in [4.78, 5) is 12.9. The maximum atomic E-state index is 12.9. The highest BCUT2D eigenvalue weighted by molar-refractivity contribution is 7.89. The van der Waals surface area contributed by atoms with Crippen molar-refractivity contribution in [2.45, 2.75) is 31.3 Å². The Bertz CT molecular complexity index is 1330. The van der Waals surface area contributed by atoms with Crippen LogP contribution < -0.4 is 10.0 Å². The van der Waals surface area contributed by atoms with E-state index in [1.807, 2.05) is 24.4 Å². The van der Waals surface area contributed by atoms with Crippen molar-refractivity contribution in [1.82, 2.24) is 24.6 Å². The molecule has 0 aliphatic carbocycles. The smallest absolute Gasteiger partial charge is 0.252 e. The van der Waals surface area contributed by atoms with Crippen LogP contribution in [0.1, 0.15) is 40.5 Å². The van der Waals surface area contributed by atoms with Gasteiger partial charge >= 0.3 is 0 Å². The van der Waals surface area contributed by atoms with Gasteiger partial charge < -0.3 is 9.73 Å². The Kier molecular flexibility index (Phi) is 5.57. The number of amides is 1. The number of carbonyl (C=O) groups is 1. The fraction of sp³-hybridized carbons (Fsp3) is 0.190. The van der Waals surface area contributed by atoms with Crippen LogP contribution in [0.2, 0.25) is 0 Å². The van der Waals surface area contributed by atoms with Gasteiger partial charge in [-0.25, -0.2) is 13.1 Å². The predicted octanol–water partition coefficient (Wildman–Crippen LogP) is 2.60. The number of rotatable bonds is 7. The second kappa shape index (κ2) is 8.32. The van der Waals surface area contributed by atoms with E-state index in [1.54, 1.807) is 36.4 Å². The quantitative estimate of drug-likeness (QED) is 0.457. The van der Waals surface area contributed by atoms with Crippen LogP contribution in [0.3, 0.4) is 0 Å². The van der Waals surface area contributed by atoms with E-state index in [9.17, 15) is 13.2 Å². The molecule has 160 valence electrons. The van der Waals surface area contributed by atoms with Gasteiger partial charge in [-0.05, 0) is 55.8 Å². The maximum Gasteiger partial charge on any atom is 0.252 e. The molecule has 31 heavy (non-hydrogen) atoms. The zero-order valence-electron chi connectivity index (χ0n) is 16.9. The number of aryl methyl sites for hydroxylation is 1. The van der Waals surface area contributed by atoms with Crippen LogP contribution >= 0.6 is 0 Å². The number of fused-ring (bicyclic) bond motifs is 1. The van der Waals surface area contributed by atoms with Crippen LogP contribution in [0.15, 0.2) is 70.3 Å². The van der Waals surface area contributed by atoms with Crippen LogP contribution in [0.5, 0.6) is 0 Å². The number of carbonyl (C=O) groups excluding carboxylic acids is 1. The van der Waals surface area contributed by atoms with E-state index in [0.717, 1.165) is 0 Å². The monoisotopic (exact) mass is 439 g/mol. The minimum Gasteiger partial charge on any atom is -0.468 e. The molecular formula is C21H21N5O4S. The van der Waals surface area contributed by atoms with Crippen molar-refractivity contribution in [2.75, 3.05) is 0 Å². The highest BCUT2D eigenvalue weighted by Gasteiger charge is 2.21. The number of furan rings is 1. The van der Waals surface area contributed by atoms with Gasteiger partial charge in [0.05, 0.1) is 23.7 Å². The number of sulfonamides is 1. The highest BCUT2D eigenvalue weighted by atomic mass is 32.2. The summed E-state index contributed by atoms with van der Waals surface area (Å²) in [6.45, 7) is 3.56. The third-order valence-electron chi connectivity index (χ3n) is 4.86. The first-order valence-corrected chi connectivity index (χ1v) is 11.1. The van der Waals surface area contributed by atoms with Crippen molar-refractivity contribution in [3.05, 3.63) is 83.7 Å². The molecule has 0 aliphatic rings. The SMILES string of the molecule is Cc1ccc(S(=O)(=O)NCc2ccco2)cc1C(=O)NC(C)c1nnc2ccccn12. The van der Waals surface area contributed by atoms with Gasteiger partial charge in [-0.3, -0.25) is 9.20 Å². The number of hydrogen-bond donors (Lipinski definition) is 2. The molecule has 3 heterocycles. The summed E-state index contributed by atoms with van der Waals surface area (Å²) in [5.74, 6) is 0.661. The van der Waals surface area contributed by atoms with Crippen LogP contribution in [0.4, 0.5) is 0 Å². The summed E-state index contributed by atoms with van der Waals surface area (Å²) < 4.78 is 34.7. The Morgan fingerprint density at radius 1 is 1.16 bits per heavy atom. The number of aromatic nitrogens is 3. The summed E-state index contributed by atoms with van der Waals surface area (Å²) in [6, 6.07) is 12.9. The Hall–Kier alpha value is -3.50. The number of hydrogen-bond acceptors (Lipinski definition) is 6. The fourth-order valence-electron chi connectivity index (χ4n) is 3.17. The number of benzene rings is 1. The lowest BCUT2D eigenvalue weighted by Gasteiger charge is -2.15. The van der Waals surface area contributed by atoms with Crippen molar-refractivity contribution in [2.24, 2.45) is 0 Å². The first kappa shape index (κ1) is 20.8. The molecule has 0 saturated heterocycles. The van der Waals surface area contributed by atoms with Crippen LogP contribution in [0, 0.1) is 6.92 Å². The van der Waals surface area contributed by atoms with Gasteiger partial charge in [-0.2, -0.15) is 0 Å². The normalized spacial score (nSPS) is 12.7. The lowest BCUT2D eigenvalue weighted by Crippen LogP contribution is -2.29. The Labute approximate surface area is 179 Å². The molecule has 0 aliphatic heterocycles. The van der Waals surface area contributed by atoms with Gasteiger partial charge in [-0.15, -0.1) is 10.2 Å². The van der Waals surface area contributed by atoms with Gasteiger partial charge in [-0.1, -0.05) is 12.1 Å². The molecule has 3 aromatic heterocycles. The first-order chi connectivity index (χ1) is 14.8. The zero-order chi connectivity index (χ0) is 22.0. The second-order valence-corrected chi connectivity index (χ2v) is 8.83. The maximum absolute atomic E-state index is 12.9. The molecule has 0 bridgehead atoms. The number of pyridine rings is 1. The van der Waals surface area contributed by atoms with Crippen LogP contribution in [-0.4, -0.2) is 28.9 Å². The van der Waals surface area contributed by atoms with Gasteiger partial charge in [0.1, 0.15) is 5.76 Å². The lowest BCUT2D eigenvalue weighted by atomic mass is 10.1. The van der Waals surface area contributed by atoms with E-state index in [1.165, 1.54) is 18.4 Å². The summed E-state index contributed by atoms with van der Waals surface area (Å²) in [5.41, 5.74) is 1.59. The van der Waals surface area contributed by atoms with Crippen molar-refractivity contribution >= 4 is 21.6 Å². The topological polar surface area (TPSA) is 119 Å². The van der Waals surface area contributed by atoms with E-state index < -0.39 is 22.0 Å². The molecule has 0 saturated carbocycles. The summed E-state index contributed by atoms with van der Waals surface area (Å²) in [5, 5.41) is 11.1. The highest BCUT2D eigenvalue weighted by Crippen LogP contribution is 2.18. The number of nitrogens with zero attached hydrogens (tertiary/aromatic N) is 3. The molecule has 1 unspecified atom stereocenters. The average Bonchev–Trinajstić information content (AvgIpc) is 3.42. The van der Waals surface area contributed by atoms with Crippen LogP contribution in [0.25, 0.3) is 5.65 Å². The minimum absolute atomic E-state index is 0.00427.